The van der Waals surface area contributed by atoms with Gasteiger partial charge in [0, 0.05) is 6.54 Å². The molecule has 0 aromatic heterocycles. The van der Waals surface area contributed by atoms with Crippen LogP contribution in [0.5, 0.6) is 0 Å². The minimum Gasteiger partial charge on any atom is -0.304 e. The Hall–Kier alpha value is -1.11. The van der Waals surface area contributed by atoms with Gasteiger partial charge in [-0.05, 0) is 38.2 Å². The Balaban J connectivity index is 0.00000220. The fourth-order valence-electron chi connectivity index (χ4n) is 2.43. The first-order valence-corrected chi connectivity index (χ1v) is 8.34. The first kappa shape index (κ1) is 17.9. The fraction of sp³-hybridized carbons (Fsp3) is 0.500. The van der Waals surface area contributed by atoms with E-state index in [-0.39, 0.29) is 29.4 Å². The van der Waals surface area contributed by atoms with Crippen LogP contribution >= 0.6 is 12.4 Å². The molecule has 1 aromatic carbocycles. The Labute approximate surface area is 132 Å². The summed E-state index contributed by atoms with van der Waals surface area (Å²) in [6, 6.07) is 6.39. The molecular formula is C14H21ClN2O3S. The van der Waals surface area contributed by atoms with Crippen molar-refractivity contribution in [3.63, 3.8) is 0 Å². The van der Waals surface area contributed by atoms with E-state index in [0.717, 1.165) is 23.9 Å². The summed E-state index contributed by atoms with van der Waals surface area (Å²) in [5, 5.41) is 0. The monoisotopic (exact) mass is 332 g/mol. The van der Waals surface area contributed by atoms with Crippen LogP contribution in [0.4, 0.5) is 0 Å². The highest BCUT2D eigenvalue weighted by Gasteiger charge is 2.40. The summed E-state index contributed by atoms with van der Waals surface area (Å²) in [7, 11) is -3.64. The number of benzene rings is 1. The first-order valence-electron chi connectivity index (χ1n) is 6.90. The normalized spacial score (nSPS) is 16.0. The SMILES string of the molecule is CCN(CC)CCCN1C(=O)c2ccccc2S1(=O)=O.Cl. The van der Waals surface area contributed by atoms with Gasteiger partial charge in [0.25, 0.3) is 15.9 Å². The number of nitrogens with zero attached hydrogens (tertiary/aromatic N) is 2. The van der Waals surface area contributed by atoms with E-state index in [1.54, 1.807) is 18.2 Å². The number of hydrogen-bond donors (Lipinski definition) is 0. The van der Waals surface area contributed by atoms with Gasteiger partial charge < -0.3 is 4.90 Å². The largest absolute Gasteiger partial charge is 0.304 e. The van der Waals surface area contributed by atoms with Crippen LogP contribution in [-0.4, -0.2) is 49.7 Å². The standard InChI is InChI=1S/C14H20N2O3S.ClH/c1-3-15(4-2)10-7-11-16-14(17)12-8-5-6-9-13(12)20(16,18)19;/h5-6,8-9H,3-4,7,10-11H2,1-2H3;1H. The molecular weight excluding hydrogens is 312 g/mol. The number of halogens is 1. The summed E-state index contributed by atoms with van der Waals surface area (Å²) in [6.07, 6.45) is 0.653. The number of carbonyl (C=O) groups is 1. The molecule has 0 atom stereocenters. The van der Waals surface area contributed by atoms with Gasteiger partial charge in [0.05, 0.1) is 5.56 Å². The Morgan fingerprint density at radius 2 is 1.76 bits per heavy atom. The lowest BCUT2D eigenvalue weighted by molar-refractivity contribution is 0.0867. The van der Waals surface area contributed by atoms with Gasteiger partial charge in [0.1, 0.15) is 4.90 Å². The molecule has 0 saturated heterocycles. The number of sulfonamides is 1. The maximum Gasteiger partial charge on any atom is 0.269 e. The first-order chi connectivity index (χ1) is 9.52. The number of hydrogen-bond acceptors (Lipinski definition) is 4. The number of amides is 1. The van der Waals surface area contributed by atoms with E-state index in [9.17, 15) is 13.2 Å². The third kappa shape index (κ3) is 3.39. The molecule has 1 aromatic rings. The molecule has 7 heteroatoms. The summed E-state index contributed by atoms with van der Waals surface area (Å²) in [6.45, 7) is 7.03. The number of carbonyl (C=O) groups excluding carboxylic acids is 1. The van der Waals surface area contributed by atoms with E-state index in [1.807, 2.05) is 0 Å². The van der Waals surface area contributed by atoms with Gasteiger partial charge in [-0.15, -0.1) is 12.4 Å². The predicted octanol–water partition coefficient (Wildman–Crippen LogP) is 1.98. The van der Waals surface area contributed by atoms with Crippen molar-refractivity contribution >= 4 is 28.3 Å². The van der Waals surface area contributed by atoms with Gasteiger partial charge in [-0.1, -0.05) is 26.0 Å². The lowest BCUT2D eigenvalue weighted by Gasteiger charge is -2.20. The summed E-state index contributed by atoms with van der Waals surface area (Å²) in [5.74, 6) is -0.403. The van der Waals surface area contributed by atoms with E-state index in [0.29, 0.717) is 6.42 Å². The summed E-state index contributed by atoms with van der Waals surface area (Å²) >= 11 is 0. The molecule has 5 nitrogen and oxygen atoms in total. The molecule has 21 heavy (non-hydrogen) atoms. The highest BCUT2D eigenvalue weighted by Crippen LogP contribution is 2.29. The maximum atomic E-state index is 12.3. The summed E-state index contributed by atoms with van der Waals surface area (Å²) in [5.41, 5.74) is 0.287. The minimum absolute atomic E-state index is 0. The van der Waals surface area contributed by atoms with Gasteiger partial charge in [-0.3, -0.25) is 4.79 Å². The van der Waals surface area contributed by atoms with Crippen molar-refractivity contribution in [2.75, 3.05) is 26.2 Å². The van der Waals surface area contributed by atoms with E-state index >= 15 is 0 Å². The molecule has 0 spiro atoms. The van der Waals surface area contributed by atoms with Crippen molar-refractivity contribution < 1.29 is 13.2 Å². The topological polar surface area (TPSA) is 57.7 Å². The zero-order valence-corrected chi connectivity index (χ0v) is 13.9. The van der Waals surface area contributed by atoms with Crippen molar-refractivity contribution in [2.24, 2.45) is 0 Å². The minimum atomic E-state index is -3.64. The van der Waals surface area contributed by atoms with Gasteiger partial charge in [0.15, 0.2) is 0 Å². The van der Waals surface area contributed by atoms with Crippen LogP contribution in [0, 0.1) is 0 Å². The Morgan fingerprint density at radius 1 is 1.14 bits per heavy atom. The van der Waals surface area contributed by atoms with E-state index in [4.69, 9.17) is 0 Å². The van der Waals surface area contributed by atoms with Gasteiger partial charge >= 0.3 is 0 Å². The molecule has 0 fully saturated rings. The average molecular weight is 333 g/mol. The van der Waals surface area contributed by atoms with Crippen molar-refractivity contribution in [3.05, 3.63) is 29.8 Å². The van der Waals surface area contributed by atoms with Crippen LogP contribution < -0.4 is 0 Å². The predicted molar refractivity (Wildman–Crippen MR) is 84.3 cm³/mol. The van der Waals surface area contributed by atoms with Crippen molar-refractivity contribution in [1.82, 2.24) is 9.21 Å². The van der Waals surface area contributed by atoms with Crippen LogP contribution in [0.1, 0.15) is 30.6 Å². The van der Waals surface area contributed by atoms with E-state index in [2.05, 4.69) is 18.7 Å². The highest BCUT2D eigenvalue weighted by atomic mass is 35.5. The summed E-state index contributed by atoms with van der Waals surface area (Å²) < 4.78 is 25.6. The van der Waals surface area contributed by atoms with Gasteiger partial charge in [-0.25, -0.2) is 12.7 Å². The number of fused-ring (bicyclic) bond motifs is 1. The van der Waals surface area contributed by atoms with Crippen molar-refractivity contribution in [1.29, 1.82) is 0 Å². The van der Waals surface area contributed by atoms with Gasteiger partial charge in [-0.2, -0.15) is 0 Å². The molecule has 0 bridgehead atoms. The molecule has 1 heterocycles. The van der Waals surface area contributed by atoms with Crippen LogP contribution in [-0.2, 0) is 10.0 Å². The van der Waals surface area contributed by atoms with Crippen molar-refractivity contribution in [3.8, 4) is 0 Å². The second-order valence-corrected chi connectivity index (χ2v) is 6.59. The molecule has 1 aliphatic heterocycles. The van der Waals surface area contributed by atoms with Crippen LogP contribution in [0.25, 0.3) is 0 Å². The van der Waals surface area contributed by atoms with Crippen LogP contribution in [0.15, 0.2) is 29.2 Å². The third-order valence-electron chi connectivity index (χ3n) is 3.64. The second kappa shape index (κ2) is 7.24. The Kier molecular flexibility index (Phi) is 6.19. The van der Waals surface area contributed by atoms with Crippen LogP contribution in [0.2, 0.25) is 0 Å². The molecule has 1 amide bonds. The molecule has 2 rings (SSSR count). The lowest BCUT2D eigenvalue weighted by atomic mass is 10.2. The average Bonchev–Trinajstić information content (AvgIpc) is 2.64. The summed E-state index contributed by atoms with van der Waals surface area (Å²) in [4.78, 5) is 14.5. The Morgan fingerprint density at radius 3 is 2.33 bits per heavy atom. The quantitative estimate of drug-likeness (QED) is 0.799. The molecule has 0 aliphatic carbocycles. The van der Waals surface area contributed by atoms with Crippen molar-refractivity contribution in [2.45, 2.75) is 25.2 Å². The molecule has 1 aliphatic rings. The zero-order valence-electron chi connectivity index (χ0n) is 12.3. The second-order valence-electron chi connectivity index (χ2n) is 4.76. The number of rotatable bonds is 6. The molecule has 0 unspecified atom stereocenters. The van der Waals surface area contributed by atoms with E-state index in [1.165, 1.54) is 6.07 Å². The molecule has 118 valence electrons. The molecule has 0 saturated carbocycles. The maximum absolute atomic E-state index is 12.3. The fourth-order valence-corrected chi connectivity index (χ4v) is 4.04. The smallest absolute Gasteiger partial charge is 0.269 e. The Bertz CT molecular complexity index is 600. The zero-order chi connectivity index (χ0) is 14.8. The molecule has 0 N–H and O–H groups in total. The third-order valence-corrected chi connectivity index (χ3v) is 5.48. The van der Waals surface area contributed by atoms with Crippen LogP contribution in [0.3, 0.4) is 0 Å². The highest BCUT2D eigenvalue weighted by molar-refractivity contribution is 7.90. The van der Waals surface area contributed by atoms with Gasteiger partial charge in [0.2, 0.25) is 0 Å². The van der Waals surface area contributed by atoms with E-state index < -0.39 is 15.9 Å². The lowest BCUT2D eigenvalue weighted by Crippen LogP contribution is -2.33. The molecule has 0 radical (unpaired) electrons.